The highest BCUT2D eigenvalue weighted by Gasteiger charge is 2.18. The number of methoxy groups -OCH3 is 2. The number of rotatable bonds is 6. The van der Waals surface area contributed by atoms with Crippen molar-refractivity contribution in [1.29, 1.82) is 0 Å². The van der Waals surface area contributed by atoms with Crippen molar-refractivity contribution >= 4 is 0 Å². The third kappa shape index (κ3) is 4.00. The second-order valence-electron chi connectivity index (χ2n) is 4.10. The monoisotopic (exact) mass is 239 g/mol. The predicted octanol–water partition coefficient (Wildman–Crippen LogP) is 2.09. The lowest BCUT2D eigenvalue weighted by Crippen LogP contribution is -2.29. The van der Waals surface area contributed by atoms with E-state index in [2.05, 4.69) is 0 Å². The lowest BCUT2D eigenvalue weighted by molar-refractivity contribution is -0.117. The summed E-state index contributed by atoms with van der Waals surface area (Å²) in [5, 5.41) is 0. The van der Waals surface area contributed by atoms with Crippen LogP contribution in [0.15, 0.2) is 24.3 Å². The third-order valence-corrected chi connectivity index (χ3v) is 2.37. The summed E-state index contributed by atoms with van der Waals surface area (Å²) < 4.78 is 15.9. The van der Waals surface area contributed by atoms with Gasteiger partial charge in [-0.25, -0.2) is 0 Å². The summed E-state index contributed by atoms with van der Waals surface area (Å²) in [5.41, 5.74) is 6.98. The molecule has 0 aliphatic heterocycles. The van der Waals surface area contributed by atoms with Crippen LogP contribution in [0.25, 0.3) is 0 Å². The quantitative estimate of drug-likeness (QED) is 0.772. The van der Waals surface area contributed by atoms with Crippen molar-refractivity contribution in [2.24, 2.45) is 5.73 Å². The fourth-order valence-corrected chi connectivity index (χ4v) is 1.61. The highest BCUT2D eigenvalue weighted by molar-refractivity contribution is 5.30. The highest BCUT2D eigenvalue weighted by atomic mass is 16.7. The Morgan fingerprint density at radius 2 is 1.76 bits per heavy atom. The molecule has 4 heteroatoms. The maximum Gasteiger partial charge on any atom is 0.176 e. The van der Waals surface area contributed by atoms with Crippen molar-refractivity contribution in [2.45, 2.75) is 32.3 Å². The van der Waals surface area contributed by atoms with E-state index in [1.54, 1.807) is 14.2 Å². The number of benzene rings is 1. The van der Waals surface area contributed by atoms with Crippen LogP contribution in [0.4, 0.5) is 0 Å². The Kier molecular flexibility index (Phi) is 5.41. The molecule has 96 valence electrons. The number of ether oxygens (including phenoxy) is 3. The van der Waals surface area contributed by atoms with Gasteiger partial charge >= 0.3 is 0 Å². The van der Waals surface area contributed by atoms with Gasteiger partial charge in [0.2, 0.25) is 0 Å². The molecule has 1 rings (SSSR count). The molecule has 1 unspecified atom stereocenters. The van der Waals surface area contributed by atoms with Crippen molar-refractivity contribution in [2.75, 3.05) is 14.2 Å². The topological polar surface area (TPSA) is 53.7 Å². The average Bonchev–Trinajstić information content (AvgIpc) is 2.30. The van der Waals surface area contributed by atoms with Crippen molar-refractivity contribution in [3.63, 3.8) is 0 Å². The third-order valence-electron chi connectivity index (χ3n) is 2.37. The number of hydrogen-bond donors (Lipinski definition) is 1. The summed E-state index contributed by atoms with van der Waals surface area (Å²) in [4.78, 5) is 0. The molecule has 2 N–H and O–H groups in total. The molecule has 0 heterocycles. The van der Waals surface area contributed by atoms with Gasteiger partial charge in [0.05, 0.1) is 12.1 Å². The van der Waals surface area contributed by atoms with Crippen molar-refractivity contribution in [3.05, 3.63) is 29.8 Å². The Balaban J connectivity index is 2.83. The number of nitrogens with two attached hydrogens (primary N) is 1. The Morgan fingerprint density at radius 1 is 1.12 bits per heavy atom. The largest absolute Gasteiger partial charge is 0.491 e. The minimum absolute atomic E-state index is 0.141. The minimum Gasteiger partial charge on any atom is -0.491 e. The summed E-state index contributed by atoms with van der Waals surface area (Å²) in [6, 6.07) is 7.33. The molecule has 0 saturated heterocycles. The van der Waals surface area contributed by atoms with Crippen LogP contribution in [0, 0.1) is 0 Å². The van der Waals surface area contributed by atoms with Crippen LogP contribution in [-0.2, 0) is 9.47 Å². The van der Waals surface area contributed by atoms with E-state index in [0.29, 0.717) is 0 Å². The SMILES string of the molecule is COC(OC)C(N)c1cccc(OC(C)C)c1. The zero-order valence-corrected chi connectivity index (χ0v) is 10.8. The maximum absolute atomic E-state index is 6.05. The van der Waals surface area contributed by atoms with Crippen LogP contribution in [-0.4, -0.2) is 26.6 Å². The summed E-state index contributed by atoms with van der Waals surface area (Å²) in [5.74, 6) is 0.805. The van der Waals surface area contributed by atoms with E-state index in [-0.39, 0.29) is 12.1 Å². The van der Waals surface area contributed by atoms with Gasteiger partial charge < -0.3 is 19.9 Å². The first-order chi connectivity index (χ1) is 8.08. The predicted molar refractivity (Wildman–Crippen MR) is 66.9 cm³/mol. The van der Waals surface area contributed by atoms with Gasteiger partial charge in [-0.3, -0.25) is 0 Å². The minimum atomic E-state index is -0.454. The second kappa shape index (κ2) is 6.59. The Labute approximate surface area is 103 Å². The van der Waals surface area contributed by atoms with Crippen LogP contribution in [0.2, 0.25) is 0 Å². The molecule has 0 amide bonds. The van der Waals surface area contributed by atoms with Crippen LogP contribution in [0.1, 0.15) is 25.5 Å². The molecule has 1 aromatic carbocycles. The van der Waals surface area contributed by atoms with Crippen molar-refractivity contribution in [3.8, 4) is 5.75 Å². The number of hydrogen-bond acceptors (Lipinski definition) is 4. The van der Waals surface area contributed by atoms with E-state index < -0.39 is 6.29 Å². The Hall–Kier alpha value is -1.10. The van der Waals surface area contributed by atoms with Gasteiger partial charge in [-0.05, 0) is 31.5 Å². The summed E-state index contributed by atoms with van der Waals surface area (Å²) >= 11 is 0. The molecular weight excluding hydrogens is 218 g/mol. The van der Waals surface area contributed by atoms with Gasteiger partial charge in [-0.1, -0.05) is 12.1 Å². The van der Waals surface area contributed by atoms with Gasteiger partial charge in [0.15, 0.2) is 6.29 Å². The van der Waals surface area contributed by atoms with Gasteiger partial charge in [-0.2, -0.15) is 0 Å². The smallest absolute Gasteiger partial charge is 0.176 e. The lowest BCUT2D eigenvalue weighted by atomic mass is 10.1. The fourth-order valence-electron chi connectivity index (χ4n) is 1.61. The van der Waals surface area contributed by atoms with Gasteiger partial charge in [-0.15, -0.1) is 0 Å². The van der Waals surface area contributed by atoms with Gasteiger partial charge in [0.1, 0.15) is 5.75 Å². The van der Waals surface area contributed by atoms with Gasteiger partial charge in [0.25, 0.3) is 0 Å². The van der Waals surface area contributed by atoms with E-state index in [1.165, 1.54) is 0 Å². The normalized spacial score (nSPS) is 13.1. The molecule has 1 atom stereocenters. The molecule has 0 fully saturated rings. The molecular formula is C13H21NO3. The first kappa shape index (κ1) is 14.0. The van der Waals surface area contributed by atoms with Crippen molar-refractivity contribution < 1.29 is 14.2 Å². The lowest BCUT2D eigenvalue weighted by Gasteiger charge is -2.22. The van der Waals surface area contributed by atoms with E-state index in [9.17, 15) is 0 Å². The zero-order chi connectivity index (χ0) is 12.8. The maximum atomic E-state index is 6.05. The highest BCUT2D eigenvalue weighted by Crippen LogP contribution is 2.22. The van der Waals surface area contributed by atoms with Crippen LogP contribution >= 0.6 is 0 Å². The molecule has 0 aromatic heterocycles. The molecule has 0 bridgehead atoms. The van der Waals surface area contributed by atoms with Crippen LogP contribution < -0.4 is 10.5 Å². The van der Waals surface area contributed by atoms with E-state index in [0.717, 1.165) is 11.3 Å². The van der Waals surface area contributed by atoms with E-state index in [4.69, 9.17) is 19.9 Å². The average molecular weight is 239 g/mol. The summed E-state index contributed by atoms with van der Waals surface area (Å²) in [6.45, 7) is 3.97. The Bertz CT molecular complexity index is 337. The van der Waals surface area contributed by atoms with Gasteiger partial charge in [0, 0.05) is 14.2 Å². The summed E-state index contributed by atoms with van der Waals surface area (Å²) in [7, 11) is 3.14. The van der Waals surface area contributed by atoms with E-state index in [1.807, 2.05) is 38.1 Å². The molecule has 0 aliphatic carbocycles. The molecule has 17 heavy (non-hydrogen) atoms. The first-order valence-electron chi connectivity index (χ1n) is 5.66. The standard InChI is InChI=1S/C13H21NO3/c1-9(2)17-11-7-5-6-10(8-11)12(14)13(15-3)16-4/h5-9,12-13H,14H2,1-4H3. The first-order valence-corrected chi connectivity index (χ1v) is 5.66. The van der Waals surface area contributed by atoms with Crippen molar-refractivity contribution in [1.82, 2.24) is 0 Å². The van der Waals surface area contributed by atoms with E-state index >= 15 is 0 Å². The van der Waals surface area contributed by atoms with Crippen LogP contribution in [0.3, 0.4) is 0 Å². The summed E-state index contributed by atoms with van der Waals surface area (Å²) in [6.07, 6.45) is -0.313. The Morgan fingerprint density at radius 3 is 2.29 bits per heavy atom. The molecule has 0 saturated carbocycles. The molecule has 0 spiro atoms. The molecule has 0 aliphatic rings. The molecule has 4 nitrogen and oxygen atoms in total. The second-order valence-corrected chi connectivity index (χ2v) is 4.10. The zero-order valence-electron chi connectivity index (χ0n) is 10.8. The fraction of sp³-hybridized carbons (Fsp3) is 0.538. The molecule has 0 radical (unpaired) electrons. The molecule has 1 aromatic rings. The van der Waals surface area contributed by atoms with Crippen LogP contribution in [0.5, 0.6) is 5.75 Å².